The summed E-state index contributed by atoms with van der Waals surface area (Å²) in [6, 6.07) is 9.34. The molecule has 5 rings (SSSR count). The molecule has 0 spiro atoms. The van der Waals surface area contributed by atoms with Crippen molar-refractivity contribution in [3.05, 3.63) is 64.8 Å². The lowest BCUT2D eigenvalue weighted by Crippen LogP contribution is -2.50. The van der Waals surface area contributed by atoms with E-state index in [1.54, 1.807) is 17.9 Å². The molecule has 218 valence electrons. The third-order valence-corrected chi connectivity index (χ3v) is 7.10. The molecule has 0 bridgehead atoms. The molecule has 2 unspecified atom stereocenters. The number of rotatable bonds is 6. The van der Waals surface area contributed by atoms with Gasteiger partial charge >= 0.3 is 12.4 Å². The average molecular weight is 572 g/mol. The standard InChI is InChI=1S/C29H32F3N5O4/c1-16-34-26(41-36-16)23-13-22(23)25(38)33-14-18-8-9-20(17-6-5-7-19(12-17)40-29(30,31)32)21-10-11-37(15-24(18)21)27(39)35-28(2,3)4/h5-9,12,22-23H,10-11,13-15H2,1-4H3,(H,33,38)(H,35,39). The fourth-order valence-corrected chi connectivity index (χ4v) is 5.15. The van der Waals surface area contributed by atoms with Crippen LogP contribution in [0.3, 0.4) is 0 Å². The highest BCUT2D eigenvalue weighted by Gasteiger charge is 2.47. The molecule has 1 aromatic heterocycles. The van der Waals surface area contributed by atoms with Gasteiger partial charge in [-0.2, -0.15) is 4.98 Å². The molecule has 2 heterocycles. The molecule has 2 atom stereocenters. The summed E-state index contributed by atoms with van der Waals surface area (Å²) in [6.45, 7) is 8.39. The number of amides is 3. The Balaban J connectivity index is 1.40. The second kappa shape index (κ2) is 10.7. The number of hydrogen-bond acceptors (Lipinski definition) is 6. The van der Waals surface area contributed by atoms with Gasteiger partial charge in [0.25, 0.3) is 0 Å². The van der Waals surface area contributed by atoms with Gasteiger partial charge in [-0.15, -0.1) is 13.2 Å². The van der Waals surface area contributed by atoms with Gasteiger partial charge in [0.05, 0.1) is 11.8 Å². The predicted octanol–water partition coefficient (Wildman–Crippen LogP) is 5.23. The Morgan fingerprint density at radius 1 is 1.15 bits per heavy atom. The monoisotopic (exact) mass is 571 g/mol. The van der Waals surface area contributed by atoms with Gasteiger partial charge in [0.1, 0.15) is 5.75 Å². The van der Waals surface area contributed by atoms with E-state index in [1.807, 2.05) is 32.9 Å². The highest BCUT2D eigenvalue weighted by Crippen LogP contribution is 2.47. The lowest BCUT2D eigenvalue weighted by atomic mass is 9.87. The summed E-state index contributed by atoms with van der Waals surface area (Å²) in [5, 5.41) is 9.78. The normalized spacial score (nSPS) is 18.5. The van der Waals surface area contributed by atoms with E-state index >= 15 is 0 Å². The first-order chi connectivity index (χ1) is 19.3. The van der Waals surface area contributed by atoms with E-state index in [9.17, 15) is 22.8 Å². The number of fused-ring (bicyclic) bond motifs is 1. The molecule has 1 aliphatic carbocycles. The number of aryl methyl sites for hydroxylation is 1. The van der Waals surface area contributed by atoms with Crippen molar-refractivity contribution in [1.29, 1.82) is 0 Å². The molecule has 0 radical (unpaired) electrons. The number of hydrogen-bond donors (Lipinski definition) is 2. The van der Waals surface area contributed by atoms with Crippen LogP contribution in [0.15, 0.2) is 40.9 Å². The van der Waals surface area contributed by atoms with Crippen molar-refractivity contribution in [3.63, 3.8) is 0 Å². The molecule has 1 aliphatic heterocycles. The minimum Gasteiger partial charge on any atom is -0.406 e. The van der Waals surface area contributed by atoms with Crippen molar-refractivity contribution in [3.8, 4) is 16.9 Å². The van der Waals surface area contributed by atoms with Gasteiger partial charge in [0.2, 0.25) is 11.8 Å². The quantitative estimate of drug-likeness (QED) is 0.420. The zero-order valence-corrected chi connectivity index (χ0v) is 23.3. The van der Waals surface area contributed by atoms with Crippen LogP contribution >= 0.6 is 0 Å². The second-order valence-corrected chi connectivity index (χ2v) is 11.5. The van der Waals surface area contributed by atoms with E-state index in [0.29, 0.717) is 43.2 Å². The average Bonchev–Trinajstić information content (AvgIpc) is 3.57. The molecule has 9 nitrogen and oxygen atoms in total. The molecule has 41 heavy (non-hydrogen) atoms. The van der Waals surface area contributed by atoms with Crippen molar-refractivity contribution in [2.24, 2.45) is 5.92 Å². The SMILES string of the molecule is Cc1noc(C2CC2C(=O)NCc2ccc(-c3cccc(OC(F)(F)F)c3)c3c2CN(C(=O)NC(C)(C)C)CC3)n1. The second-order valence-electron chi connectivity index (χ2n) is 11.5. The number of alkyl halides is 3. The van der Waals surface area contributed by atoms with Crippen molar-refractivity contribution in [1.82, 2.24) is 25.7 Å². The third kappa shape index (κ3) is 6.80. The van der Waals surface area contributed by atoms with Crippen molar-refractivity contribution >= 4 is 11.9 Å². The number of carbonyl (C=O) groups is 2. The Hall–Kier alpha value is -4.09. The Morgan fingerprint density at radius 3 is 2.61 bits per heavy atom. The first-order valence-electron chi connectivity index (χ1n) is 13.4. The fourth-order valence-electron chi connectivity index (χ4n) is 5.15. The van der Waals surface area contributed by atoms with Gasteiger partial charge in [-0.3, -0.25) is 4.79 Å². The number of carbonyl (C=O) groups excluding carboxylic acids is 2. The lowest BCUT2D eigenvalue weighted by molar-refractivity contribution is -0.274. The highest BCUT2D eigenvalue weighted by atomic mass is 19.4. The van der Waals surface area contributed by atoms with Crippen LogP contribution in [-0.4, -0.2) is 45.4 Å². The fraction of sp³-hybridized carbons (Fsp3) is 0.448. The number of halogens is 3. The van der Waals surface area contributed by atoms with Crippen LogP contribution in [0.4, 0.5) is 18.0 Å². The number of nitrogens with one attached hydrogen (secondary N) is 2. The number of urea groups is 1. The van der Waals surface area contributed by atoms with Crippen LogP contribution in [-0.2, 0) is 24.3 Å². The minimum absolute atomic E-state index is 0.102. The maximum absolute atomic E-state index is 13.0. The molecular formula is C29H32F3N5O4. The van der Waals surface area contributed by atoms with Gasteiger partial charge in [-0.05, 0) is 80.5 Å². The zero-order valence-electron chi connectivity index (χ0n) is 23.3. The molecule has 1 fully saturated rings. The van der Waals surface area contributed by atoms with Gasteiger partial charge in [0.15, 0.2) is 5.82 Å². The van der Waals surface area contributed by atoms with Gasteiger partial charge in [0, 0.05) is 25.2 Å². The Bertz CT molecular complexity index is 1460. The molecular weight excluding hydrogens is 539 g/mol. The summed E-state index contributed by atoms with van der Waals surface area (Å²) in [6.07, 6.45) is -3.68. The van der Waals surface area contributed by atoms with Gasteiger partial charge in [-0.25, -0.2) is 4.79 Å². The molecule has 3 amide bonds. The molecule has 2 N–H and O–H groups in total. The topological polar surface area (TPSA) is 110 Å². The van der Waals surface area contributed by atoms with Crippen LogP contribution in [0.2, 0.25) is 0 Å². The molecule has 2 aromatic carbocycles. The van der Waals surface area contributed by atoms with Crippen molar-refractivity contribution in [2.75, 3.05) is 6.54 Å². The Morgan fingerprint density at radius 2 is 1.93 bits per heavy atom. The third-order valence-electron chi connectivity index (χ3n) is 7.10. The van der Waals surface area contributed by atoms with Crippen LogP contribution in [0, 0.1) is 12.8 Å². The van der Waals surface area contributed by atoms with Crippen LogP contribution < -0.4 is 15.4 Å². The number of aromatic nitrogens is 2. The predicted molar refractivity (Wildman–Crippen MR) is 143 cm³/mol. The summed E-state index contributed by atoms with van der Waals surface area (Å²) in [7, 11) is 0. The van der Waals surface area contributed by atoms with E-state index in [4.69, 9.17) is 4.52 Å². The maximum atomic E-state index is 13.0. The Labute approximate surface area is 235 Å². The molecule has 0 saturated heterocycles. The van der Waals surface area contributed by atoms with E-state index in [-0.39, 0.29) is 36.1 Å². The van der Waals surface area contributed by atoms with Crippen LogP contribution in [0.5, 0.6) is 5.75 Å². The largest absolute Gasteiger partial charge is 0.573 e. The van der Waals surface area contributed by atoms with Crippen molar-refractivity contribution in [2.45, 2.75) is 71.4 Å². The van der Waals surface area contributed by atoms with E-state index in [1.165, 1.54) is 18.2 Å². The summed E-state index contributed by atoms with van der Waals surface area (Å²) >= 11 is 0. The van der Waals surface area contributed by atoms with E-state index in [2.05, 4.69) is 25.5 Å². The maximum Gasteiger partial charge on any atom is 0.573 e. The summed E-state index contributed by atoms with van der Waals surface area (Å²) in [4.78, 5) is 31.9. The highest BCUT2D eigenvalue weighted by molar-refractivity contribution is 5.83. The zero-order chi connectivity index (χ0) is 29.5. The first kappa shape index (κ1) is 28.4. The summed E-state index contributed by atoms with van der Waals surface area (Å²) in [5.74, 6) is 0.192. The van der Waals surface area contributed by atoms with Crippen molar-refractivity contribution < 1.29 is 32.0 Å². The lowest BCUT2D eigenvalue weighted by Gasteiger charge is -2.34. The van der Waals surface area contributed by atoms with E-state index in [0.717, 1.165) is 22.3 Å². The first-order valence-corrected chi connectivity index (χ1v) is 13.4. The number of benzene rings is 2. The van der Waals surface area contributed by atoms with Crippen LogP contribution in [0.1, 0.15) is 61.5 Å². The van der Waals surface area contributed by atoms with Crippen LogP contribution in [0.25, 0.3) is 11.1 Å². The van der Waals surface area contributed by atoms with E-state index < -0.39 is 11.9 Å². The molecule has 1 saturated carbocycles. The number of nitrogens with zero attached hydrogens (tertiary/aromatic N) is 3. The minimum atomic E-state index is -4.80. The Kier molecular flexibility index (Phi) is 7.43. The number of ether oxygens (including phenoxy) is 1. The van der Waals surface area contributed by atoms with Gasteiger partial charge < -0.3 is 24.8 Å². The smallest absolute Gasteiger partial charge is 0.406 e. The molecule has 3 aromatic rings. The molecule has 12 heteroatoms. The summed E-state index contributed by atoms with van der Waals surface area (Å²) in [5.41, 5.74) is 3.52. The molecule has 2 aliphatic rings. The summed E-state index contributed by atoms with van der Waals surface area (Å²) < 4.78 is 47.9. The van der Waals surface area contributed by atoms with Gasteiger partial charge in [-0.1, -0.05) is 29.4 Å².